The molecule has 2 aromatic carbocycles. The second-order valence-corrected chi connectivity index (χ2v) is 9.78. The largest absolute Gasteiger partial charge is 0.483 e. The minimum absolute atomic E-state index is 0.213. The first-order valence-electron chi connectivity index (χ1n) is 11.2. The summed E-state index contributed by atoms with van der Waals surface area (Å²) >= 11 is 1.71. The average molecular weight is 438 g/mol. The summed E-state index contributed by atoms with van der Waals surface area (Å²) in [5, 5.41) is 9.92. The third kappa shape index (κ3) is 4.36. The van der Waals surface area contributed by atoms with Gasteiger partial charge in [0.2, 0.25) is 0 Å². The molecule has 2 fully saturated rings. The van der Waals surface area contributed by atoms with E-state index in [1.165, 1.54) is 37.3 Å². The lowest BCUT2D eigenvalue weighted by atomic mass is 9.84. The number of rotatable bonds is 8. The highest BCUT2D eigenvalue weighted by molar-refractivity contribution is 7.98. The topological polar surface area (TPSA) is 39.9 Å². The van der Waals surface area contributed by atoms with Crippen LogP contribution >= 0.6 is 11.8 Å². The number of nitrogens with zero attached hydrogens (tertiary/aromatic N) is 3. The summed E-state index contributed by atoms with van der Waals surface area (Å²) in [5.41, 5.74) is 1.26. The molecule has 1 aromatic heterocycles. The molecule has 0 spiro atoms. The predicted molar refractivity (Wildman–Crippen MR) is 120 cm³/mol. The third-order valence-corrected chi connectivity index (χ3v) is 7.97. The molecule has 3 aromatic rings. The zero-order valence-electron chi connectivity index (χ0n) is 17.8. The Bertz CT molecular complexity index is 1020. The fourth-order valence-electron chi connectivity index (χ4n) is 5.42. The molecule has 0 radical (unpaired) electrons. The maximum Gasteiger partial charge on any atom is 0.191 e. The molecule has 0 amide bonds. The van der Waals surface area contributed by atoms with E-state index in [-0.39, 0.29) is 18.2 Å². The minimum Gasteiger partial charge on any atom is -0.483 e. The second-order valence-electron chi connectivity index (χ2n) is 8.84. The van der Waals surface area contributed by atoms with Crippen LogP contribution < -0.4 is 4.74 Å². The van der Waals surface area contributed by atoms with Crippen molar-refractivity contribution in [2.24, 2.45) is 17.8 Å². The summed E-state index contributed by atoms with van der Waals surface area (Å²) in [6, 6.07) is 17.2. The zero-order chi connectivity index (χ0) is 21.2. The first-order valence-corrected chi connectivity index (χ1v) is 12.2. The van der Waals surface area contributed by atoms with E-state index in [4.69, 9.17) is 4.74 Å². The van der Waals surface area contributed by atoms with Gasteiger partial charge in [-0.25, -0.2) is 4.39 Å². The smallest absolute Gasteiger partial charge is 0.191 e. The Balaban J connectivity index is 1.38. The van der Waals surface area contributed by atoms with Crippen molar-refractivity contribution in [1.82, 2.24) is 14.8 Å². The molecule has 2 bridgehead atoms. The van der Waals surface area contributed by atoms with Crippen LogP contribution in [0.15, 0.2) is 59.8 Å². The lowest BCUT2D eigenvalue weighted by Crippen LogP contribution is -2.24. The van der Waals surface area contributed by atoms with Crippen LogP contribution in [0.2, 0.25) is 0 Å². The maximum atomic E-state index is 14.0. The van der Waals surface area contributed by atoms with Crippen molar-refractivity contribution in [1.29, 1.82) is 0 Å². The van der Waals surface area contributed by atoms with Gasteiger partial charge >= 0.3 is 0 Å². The normalized spacial score (nSPS) is 23.2. The van der Waals surface area contributed by atoms with Crippen LogP contribution in [-0.2, 0) is 12.4 Å². The van der Waals surface area contributed by atoms with Crippen molar-refractivity contribution in [3.05, 3.63) is 71.8 Å². The van der Waals surface area contributed by atoms with E-state index < -0.39 is 0 Å². The Hall–Kier alpha value is -2.34. The van der Waals surface area contributed by atoms with Crippen molar-refractivity contribution in [3.63, 3.8) is 0 Å². The maximum absolute atomic E-state index is 14.0. The molecular weight excluding hydrogens is 409 g/mol. The van der Waals surface area contributed by atoms with Gasteiger partial charge in [-0.15, -0.1) is 10.2 Å². The predicted octanol–water partition coefficient (Wildman–Crippen LogP) is 6.29. The van der Waals surface area contributed by atoms with Crippen LogP contribution in [0.4, 0.5) is 4.39 Å². The molecule has 2 aliphatic carbocycles. The van der Waals surface area contributed by atoms with Crippen molar-refractivity contribution in [2.75, 3.05) is 0 Å². The third-order valence-electron chi connectivity index (χ3n) is 6.96. The lowest BCUT2D eigenvalue weighted by molar-refractivity contribution is 0.215. The van der Waals surface area contributed by atoms with Crippen LogP contribution in [0.1, 0.15) is 50.0 Å². The summed E-state index contributed by atoms with van der Waals surface area (Å²) in [6.45, 7) is 2.51. The summed E-state index contributed by atoms with van der Waals surface area (Å²) < 4.78 is 22.1. The van der Waals surface area contributed by atoms with E-state index >= 15 is 0 Å². The lowest BCUT2D eigenvalue weighted by Gasteiger charge is -2.30. The van der Waals surface area contributed by atoms with Gasteiger partial charge in [-0.2, -0.15) is 0 Å². The Morgan fingerprint density at radius 1 is 1.06 bits per heavy atom. The minimum atomic E-state index is -0.353. The number of thioether (sulfide) groups is 1. The fraction of sp³-hybridized carbons (Fsp3) is 0.440. The van der Waals surface area contributed by atoms with E-state index in [1.54, 1.807) is 30.0 Å². The molecule has 31 heavy (non-hydrogen) atoms. The number of halogens is 1. The van der Waals surface area contributed by atoms with Gasteiger partial charge in [0.05, 0.1) is 0 Å². The van der Waals surface area contributed by atoms with Crippen LogP contribution in [0.3, 0.4) is 0 Å². The monoisotopic (exact) mass is 437 g/mol. The number of hydrogen-bond acceptors (Lipinski definition) is 4. The molecule has 1 heterocycles. The van der Waals surface area contributed by atoms with E-state index in [2.05, 4.69) is 46.0 Å². The summed E-state index contributed by atoms with van der Waals surface area (Å²) in [7, 11) is 0. The highest BCUT2D eigenvalue weighted by atomic mass is 32.2. The van der Waals surface area contributed by atoms with Gasteiger partial charge in [0.25, 0.3) is 0 Å². The molecule has 4 atom stereocenters. The number of aromatic nitrogens is 3. The highest BCUT2D eigenvalue weighted by Crippen LogP contribution is 2.52. The molecule has 162 valence electrons. The van der Waals surface area contributed by atoms with Gasteiger partial charge in [0, 0.05) is 11.8 Å². The zero-order valence-corrected chi connectivity index (χ0v) is 18.6. The van der Waals surface area contributed by atoms with Crippen LogP contribution in [0.25, 0.3) is 0 Å². The molecule has 6 heteroatoms. The number of ether oxygens (including phenoxy) is 1. The van der Waals surface area contributed by atoms with Gasteiger partial charge in [-0.3, -0.25) is 4.57 Å². The quantitative estimate of drug-likeness (QED) is 0.389. The summed E-state index contributed by atoms with van der Waals surface area (Å²) in [5.74, 6) is 3.85. The average Bonchev–Trinajstić information content (AvgIpc) is 3.53. The SMILES string of the molecule is CC(C1CC2CCC1C2)n1c(COc2ccccc2F)nnc1SCc1ccccc1. The van der Waals surface area contributed by atoms with Crippen molar-refractivity contribution < 1.29 is 9.13 Å². The summed E-state index contributed by atoms with van der Waals surface area (Å²) in [4.78, 5) is 0. The Morgan fingerprint density at radius 3 is 2.61 bits per heavy atom. The van der Waals surface area contributed by atoms with Gasteiger partial charge in [-0.1, -0.05) is 60.6 Å². The Morgan fingerprint density at radius 2 is 1.87 bits per heavy atom. The molecule has 2 aliphatic rings. The Kier molecular flexibility index (Phi) is 5.99. The van der Waals surface area contributed by atoms with Crippen LogP contribution in [-0.4, -0.2) is 14.8 Å². The van der Waals surface area contributed by atoms with Crippen molar-refractivity contribution in [2.45, 2.75) is 56.2 Å². The Labute approximate surface area is 187 Å². The molecular formula is C25H28FN3OS. The number of para-hydroxylation sites is 1. The van der Waals surface area contributed by atoms with Crippen molar-refractivity contribution in [3.8, 4) is 5.75 Å². The molecule has 5 rings (SSSR count). The second kappa shape index (κ2) is 9.03. The molecule has 0 saturated heterocycles. The number of benzene rings is 2. The molecule has 2 saturated carbocycles. The molecule has 0 N–H and O–H groups in total. The standard InChI is InChI=1S/C25H28FN3OS/c1-17(21-14-19-11-12-20(21)13-19)29-24(15-30-23-10-6-5-9-22(23)26)27-28-25(29)31-16-18-7-3-2-4-8-18/h2-10,17,19-21H,11-16H2,1H3. The highest BCUT2D eigenvalue weighted by Gasteiger charge is 2.43. The van der Waals surface area contributed by atoms with Gasteiger partial charge in [-0.05, 0) is 61.6 Å². The van der Waals surface area contributed by atoms with Crippen LogP contribution in [0, 0.1) is 23.6 Å². The van der Waals surface area contributed by atoms with Crippen LogP contribution in [0.5, 0.6) is 5.75 Å². The number of fused-ring (bicyclic) bond motifs is 2. The van der Waals surface area contributed by atoms with E-state index in [0.29, 0.717) is 12.0 Å². The van der Waals surface area contributed by atoms with E-state index in [0.717, 1.165) is 28.6 Å². The first kappa shape index (κ1) is 20.6. The van der Waals surface area contributed by atoms with Gasteiger partial charge < -0.3 is 4.74 Å². The number of hydrogen-bond donors (Lipinski definition) is 0. The van der Waals surface area contributed by atoms with E-state index in [1.807, 2.05) is 6.07 Å². The molecule has 0 aliphatic heterocycles. The fourth-order valence-corrected chi connectivity index (χ4v) is 6.41. The van der Waals surface area contributed by atoms with Gasteiger partial charge in [0.1, 0.15) is 6.61 Å². The molecule has 4 nitrogen and oxygen atoms in total. The first-order chi connectivity index (χ1) is 15.2. The van der Waals surface area contributed by atoms with E-state index in [9.17, 15) is 4.39 Å². The summed E-state index contributed by atoms with van der Waals surface area (Å²) in [6.07, 6.45) is 5.38. The van der Waals surface area contributed by atoms with Gasteiger partial charge in [0.15, 0.2) is 22.5 Å². The molecule has 4 unspecified atom stereocenters. The van der Waals surface area contributed by atoms with Crippen molar-refractivity contribution >= 4 is 11.8 Å².